The monoisotopic (exact) mass is 294 g/mol. The molecule has 0 heterocycles. The number of methoxy groups -OCH3 is 1. The van der Waals surface area contributed by atoms with E-state index in [2.05, 4.69) is 10.6 Å². The van der Waals surface area contributed by atoms with Crippen LogP contribution in [0.15, 0.2) is 24.3 Å². The summed E-state index contributed by atoms with van der Waals surface area (Å²) in [6.07, 6.45) is 0.0291. The number of aliphatic carboxylic acids is 1. The SMILES string of the molecule is CCC(OC)C(=O)Nc1ccc(C(=O)NCC(=O)O)cc1. The van der Waals surface area contributed by atoms with Gasteiger partial charge in [-0.3, -0.25) is 14.4 Å². The van der Waals surface area contributed by atoms with Crippen molar-refractivity contribution >= 4 is 23.5 Å². The number of hydrogen-bond acceptors (Lipinski definition) is 4. The van der Waals surface area contributed by atoms with Crippen molar-refractivity contribution in [3.63, 3.8) is 0 Å². The third-order valence-corrected chi connectivity index (χ3v) is 2.76. The summed E-state index contributed by atoms with van der Waals surface area (Å²) in [5.74, 6) is -1.86. The molecule has 1 unspecified atom stereocenters. The molecule has 1 aromatic rings. The second kappa shape index (κ2) is 8.01. The van der Waals surface area contributed by atoms with E-state index in [1.165, 1.54) is 19.2 Å². The van der Waals surface area contributed by atoms with Crippen LogP contribution in [-0.2, 0) is 14.3 Å². The number of carbonyl (C=O) groups excluding carboxylic acids is 2. The van der Waals surface area contributed by atoms with Crippen LogP contribution in [-0.4, -0.2) is 42.6 Å². The lowest BCUT2D eigenvalue weighted by Crippen LogP contribution is -2.29. The molecule has 1 atom stereocenters. The molecule has 3 N–H and O–H groups in total. The zero-order valence-electron chi connectivity index (χ0n) is 11.9. The first-order valence-corrected chi connectivity index (χ1v) is 6.41. The Kier molecular flexibility index (Phi) is 6.35. The quantitative estimate of drug-likeness (QED) is 0.692. The summed E-state index contributed by atoms with van der Waals surface area (Å²) in [6, 6.07) is 6.13. The molecule has 0 spiro atoms. The van der Waals surface area contributed by atoms with E-state index < -0.39 is 24.5 Å². The molecule has 2 amide bonds. The van der Waals surface area contributed by atoms with Crippen LogP contribution in [0.4, 0.5) is 5.69 Å². The molecular weight excluding hydrogens is 276 g/mol. The predicted molar refractivity (Wildman–Crippen MR) is 76.1 cm³/mol. The van der Waals surface area contributed by atoms with Gasteiger partial charge in [0.15, 0.2) is 0 Å². The summed E-state index contributed by atoms with van der Waals surface area (Å²) >= 11 is 0. The maximum Gasteiger partial charge on any atom is 0.322 e. The molecule has 0 aliphatic rings. The van der Waals surface area contributed by atoms with Crippen LogP contribution in [0.2, 0.25) is 0 Å². The van der Waals surface area contributed by atoms with Gasteiger partial charge in [0, 0.05) is 18.4 Å². The normalized spacial score (nSPS) is 11.5. The summed E-state index contributed by atoms with van der Waals surface area (Å²) in [5, 5.41) is 13.4. The molecule has 1 rings (SSSR count). The van der Waals surface area contributed by atoms with Crippen molar-refractivity contribution in [2.75, 3.05) is 19.0 Å². The van der Waals surface area contributed by atoms with Crippen LogP contribution in [0.25, 0.3) is 0 Å². The fourth-order valence-corrected chi connectivity index (χ4v) is 1.64. The lowest BCUT2D eigenvalue weighted by atomic mass is 10.2. The first-order chi connectivity index (χ1) is 9.97. The molecule has 114 valence electrons. The van der Waals surface area contributed by atoms with Gasteiger partial charge in [-0.1, -0.05) is 6.92 Å². The molecule has 0 fully saturated rings. The number of rotatable bonds is 7. The van der Waals surface area contributed by atoms with Crippen LogP contribution < -0.4 is 10.6 Å². The number of ether oxygens (including phenoxy) is 1. The Hall–Kier alpha value is -2.41. The van der Waals surface area contributed by atoms with Crippen LogP contribution in [0.3, 0.4) is 0 Å². The highest BCUT2D eigenvalue weighted by atomic mass is 16.5. The van der Waals surface area contributed by atoms with Gasteiger partial charge in [0.05, 0.1) is 0 Å². The van der Waals surface area contributed by atoms with Crippen LogP contribution >= 0.6 is 0 Å². The number of carboxylic acids is 1. The van der Waals surface area contributed by atoms with Crippen molar-refractivity contribution < 1.29 is 24.2 Å². The molecule has 0 aliphatic heterocycles. The highest BCUT2D eigenvalue weighted by molar-refractivity contribution is 5.97. The summed E-state index contributed by atoms with van der Waals surface area (Å²) in [7, 11) is 1.46. The minimum absolute atomic E-state index is 0.261. The first kappa shape index (κ1) is 16.6. The van der Waals surface area contributed by atoms with Gasteiger partial charge >= 0.3 is 5.97 Å². The van der Waals surface area contributed by atoms with E-state index in [1.54, 1.807) is 12.1 Å². The van der Waals surface area contributed by atoms with Gasteiger partial charge in [0.25, 0.3) is 11.8 Å². The zero-order chi connectivity index (χ0) is 15.8. The van der Waals surface area contributed by atoms with Crippen molar-refractivity contribution in [2.45, 2.75) is 19.4 Å². The Balaban J connectivity index is 2.63. The van der Waals surface area contributed by atoms with Crippen molar-refractivity contribution in [3.05, 3.63) is 29.8 Å². The van der Waals surface area contributed by atoms with Crippen LogP contribution in [0.1, 0.15) is 23.7 Å². The Morgan fingerprint density at radius 2 is 1.86 bits per heavy atom. The second-order valence-electron chi connectivity index (χ2n) is 4.28. The largest absolute Gasteiger partial charge is 0.480 e. The van der Waals surface area contributed by atoms with E-state index in [4.69, 9.17) is 9.84 Å². The van der Waals surface area contributed by atoms with Gasteiger partial charge in [-0.25, -0.2) is 0 Å². The summed E-state index contributed by atoms with van der Waals surface area (Å²) in [4.78, 5) is 33.7. The first-order valence-electron chi connectivity index (χ1n) is 6.41. The average molecular weight is 294 g/mol. The lowest BCUT2D eigenvalue weighted by molar-refractivity contribution is -0.135. The predicted octanol–water partition coefficient (Wildman–Crippen LogP) is 0.864. The van der Waals surface area contributed by atoms with E-state index in [-0.39, 0.29) is 5.91 Å². The molecular formula is C14H18N2O5. The number of benzene rings is 1. The van der Waals surface area contributed by atoms with Gasteiger partial charge < -0.3 is 20.5 Å². The molecule has 0 aliphatic carbocycles. The highest BCUT2D eigenvalue weighted by Crippen LogP contribution is 2.11. The maximum atomic E-state index is 11.8. The minimum atomic E-state index is -1.11. The number of carboxylic acid groups (broad SMARTS) is 1. The maximum absolute atomic E-state index is 11.8. The van der Waals surface area contributed by atoms with E-state index in [0.29, 0.717) is 17.7 Å². The number of nitrogens with one attached hydrogen (secondary N) is 2. The Morgan fingerprint density at radius 1 is 1.24 bits per heavy atom. The molecule has 0 aromatic heterocycles. The summed E-state index contributed by atoms with van der Waals surface area (Å²) < 4.78 is 5.02. The van der Waals surface area contributed by atoms with Crippen molar-refractivity contribution in [2.24, 2.45) is 0 Å². The number of carbonyl (C=O) groups is 3. The number of anilines is 1. The molecule has 1 aromatic carbocycles. The molecule has 0 saturated carbocycles. The van der Waals surface area contributed by atoms with E-state index in [0.717, 1.165) is 0 Å². The van der Waals surface area contributed by atoms with Gasteiger partial charge in [0.2, 0.25) is 0 Å². The molecule has 7 heteroatoms. The second-order valence-corrected chi connectivity index (χ2v) is 4.28. The van der Waals surface area contributed by atoms with E-state index >= 15 is 0 Å². The zero-order valence-corrected chi connectivity index (χ0v) is 11.9. The van der Waals surface area contributed by atoms with Crippen molar-refractivity contribution in [1.29, 1.82) is 0 Å². The minimum Gasteiger partial charge on any atom is -0.480 e. The van der Waals surface area contributed by atoms with Crippen molar-refractivity contribution in [1.82, 2.24) is 5.32 Å². The average Bonchev–Trinajstić information content (AvgIpc) is 2.46. The van der Waals surface area contributed by atoms with Crippen molar-refractivity contribution in [3.8, 4) is 0 Å². The number of amides is 2. The van der Waals surface area contributed by atoms with Crippen LogP contribution in [0.5, 0.6) is 0 Å². The third-order valence-electron chi connectivity index (χ3n) is 2.76. The molecule has 0 saturated heterocycles. The van der Waals surface area contributed by atoms with Gasteiger partial charge in [-0.05, 0) is 30.7 Å². The highest BCUT2D eigenvalue weighted by Gasteiger charge is 2.15. The van der Waals surface area contributed by atoms with Crippen LogP contribution in [0, 0.1) is 0 Å². The van der Waals surface area contributed by atoms with Gasteiger partial charge in [0.1, 0.15) is 12.6 Å². The third kappa shape index (κ3) is 5.23. The Bertz CT molecular complexity index is 509. The molecule has 0 bridgehead atoms. The lowest BCUT2D eigenvalue weighted by Gasteiger charge is -2.13. The summed E-state index contributed by atoms with van der Waals surface area (Å²) in [6.45, 7) is 1.40. The standard InChI is InChI=1S/C14H18N2O5/c1-3-11(21-2)14(20)16-10-6-4-9(5-7-10)13(19)15-8-12(17)18/h4-7,11H,3,8H2,1-2H3,(H,15,19)(H,16,20)(H,17,18). The Labute approximate surface area is 122 Å². The topological polar surface area (TPSA) is 105 Å². The van der Waals surface area contributed by atoms with E-state index in [9.17, 15) is 14.4 Å². The molecule has 21 heavy (non-hydrogen) atoms. The van der Waals surface area contributed by atoms with E-state index in [1.807, 2.05) is 6.92 Å². The smallest absolute Gasteiger partial charge is 0.322 e. The fourth-order valence-electron chi connectivity index (χ4n) is 1.64. The van der Waals surface area contributed by atoms with Gasteiger partial charge in [-0.2, -0.15) is 0 Å². The van der Waals surface area contributed by atoms with Gasteiger partial charge in [-0.15, -0.1) is 0 Å². The fraction of sp³-hybridized carbons (Fsp3) is 0.357. The Morgan fingerprint density at radius 3 is 2.33 bits per heavy atom. The molecule has 7 nitrogen and oxygen atoms in total. The summed E-state index contributed by atoms with van der Waals surface area (Å²) in [5.41, 5.74) is 0.846. The molecule has 0 radical (unpaired) electrons. The number of hydrogen-bond donors (Lipinski definition) is 3.